The van der Waals surface area contributed by atoms with Gasteiger partial charge < -0.3 is 14.2 Å². The summed E-state index contributed by atoms with van der Waals surface area (Å²) in [6, 6.07) is 0. The molecule has 62 heavy (non-hydrogen) atoms. The van der Waals surface area contributed by atoms with Gasteiger partial charge in [-0.1, -0.05) is 263 Å². The van der Waals surface area contributed by atoms with Crippen LogP contribution in [0.2, 0.25) is 0 Å². The molecule has 6 heteroatoms. The molecule has 0 saturated carbocycles. The van der Waals surface area contributed by atoms with Crippen molar-refractivity contribution in [3.8, 4) is 0 Å². The molecular weight excluding hydrogens is 769 g/mol. The van der Waals surface area contributed by atoms with Crippen LogP contribution in [0.4, 0.5) is 0 Å². The van der Waals surface area contributed by atoms with Gasteiger partial charge in [0.05, 0.1) is 0 Å². The quantitative estimate of drug-likeness (QED) is 0.0262. The van der Waals surface area contributed by atoms with Crippen molar-refractivity contribution in [2.75, 3.05) is 13.2 Å². The summed E-state index contributed by atoms with van der Waals surface area (Å²) in [5.41, 5.74) is 0. The Balaban J connectivity index is 4.34. The molecule has 0 spiro atoms. The molecule has 1 unspecified atom stereocenters. The van der Waals surface area contributed by atoms with Gasteiger partial charge in [0, 0.05) is 19.3 Å². The third kappa shape index (κ3) is 48.9. The number of hydrogen-bond acceptors (Lipinski definition) is 6. The van der Waals surface area contributed by atoms with E-state index in [1.54, 1.807) is 0 Å². The SMILES string of the molecule is CCCCCCCC/C=C\C/C=C\CCC(=O)OC(COC(=O)CCCCCCCCCCCCCCC)COC(=O)CCCCCCCCCCCCCCCCCCCC. The van der Waals surface area contributed by atoms with Crippen molar-refractivity contribution >= 4 is 17.9 Å². The van der Waals surface area contributed by atoms with Gasteiger partial charge in [-0.25, -0.2) is 0 Å². The number of unbranched alkanes of at least 4 members (excludes halogenated alkanes) is 35. The Morgan fingerprint density at radius 1 is 0.323 bits per heavy atom. The Hall–Kier alpha value is -2.11. The van der Waals surface area contributed by atoms with Crippen LogP contribution in [-0.2, 0) is 28.6 Å². The molecular formula is C56H104O6. The third-order valence-electron chi connectivity index (χ3n) is 12.2. The average Bonchev–Trinajstić information content (AvgIpc) is 3.27. The second-order valence-corrected chi connectivity index (χ2v) is 18.5. The molecule has 0 fully saturated rings. The molecule has 0 aromatic carbocycles. The highest BCUT2D eigenvalue weighted by molar-refractivity contribution is 5.71. The molecule has 0 aromatic rings. The molecule has 0 amide bonds. The fourth-order valence-corrected chi connectivity index (χ4v) is 8.09. The van der Waals surface area contributed by atoms with Crippen molar-refractivity contribution in [1.29, 1.82) is 0 Å². The predicted molar refractivity (Wildman–Crippen MR) is 266 cm³/mol. The van der Waals surface area contributed by atoms with E-state index in [0.717, 1.165) is 51.4 Å². The smallest absolute Gasteiger partial charge is 0.306 e. The van der Waals surface area contributed by atoms with Crippen molar-refractivity contribution in [2.45, 2.75) is 303 Å². The number of allylic oxidation sites excluding steroid dienone is 4. The van der Waals surface area contributed by atoms with E-state index in [1.165, 1.54) is 199 Å². The highest BCUT2D eigenvalue weighted by atomic mass is 16.6. The van der Waals surface area contributed by atoms with E-state index in [9.17, 15) is 14.4 Å². The molecule has 0 radical (unpaired) electrons. The highest BCUT2D eigenvalue weighted by Gasteiger charge is 2.19. The third-order valence-corrected chi connectivity index (χ3v) is 12.2. The van der Waals surface area contributed by atoms with Gasteiger partial charge in [0.25, 0.3) is 0 Å². The minimum absolute atomic E-state index is 0.0884. The Morgan fingerprint density at radius 3 is 0.952 bits per heavy atom. The van der Waals surface area contributed by atoms with Gasteiger partial charge in [-0.05, 0) is 38.5 Å². The van der Waals surface area contributed by atoms with Gasteiger partial charge in [-0.15, -0.1) is 0 Å². The molecule has 0 aliphatic rings. The van der Waals surface area contributed by atoms with Gasteiger partial charge in [-0.2, -0.15) is 0 Å². The second kappa shape index (κ2) is 51.5. The molecule has 1 atom stereocenters. The lowest BCUT2D eigenvalue weighted by Crippen LogP contribution is -2.30. The van der Waals surface area contributed by atoms with Gasteiger partial charge in [0.2, 0.25) is 0 Å². The van der Waals surface area contributed by atoms with Crippen molar-refractivity contribution in [3.63, 3.8) is 0 Å². The first-order valence-electron chi connectivity index (χ1n) is 27.3. The zero-order valence-electron chi connectivity index (χ0n) is 41.7. The Labute approximate surface area is 385 Å². The highest BCUT2D eigenvalue weighted by Crippen LogP contribution is 2.16. The Kier molecular flexibility index (Phi) is 49.8. The molecule has 0 aliphatic heterocycles. The van der Waals surface area contributed by atoms with Crippen LogP contribution in [0, 0.1) is 0 Å². The molecule has 364 valence electrons. The summed E-state index contributed by atoms with van der Waals surface area (Å²) in [5.74, 6) is -0.939. The zero-order chi connectivity index (χ0) is 45.1. The van der Waals surface area contributed by atoms with Gasteiger partial charge >= 0.3 is 17.9 Å². The van der Waals surface area contributed by atoms with Crippen LogP contribution in [0.1, 0.15) is 297 Å². The normalized spacial score (nSPS) is 12.1. The number of esters is 3. The van der Waals surface area contributed by atoms with Crippen molar-refractivity contribution in [2.24, 2.45) is 0 Å². The summed E-state index contributed by atoms with van der Waals surface area (Å²) in [6.45, 7) is 6.62. The van der Waals surface area contributed by atoms with Gasteiger partial charge in [0.15, 0.2) is 6.10 Å². The van der Waals surface area contributed by atoms with Crippen LogP contribution >= 0.6 is 0 Å². The van der Waals surface area contributed by atoms with Crippen LogP contribution in [0.15, 0.2) is 24.3 Å². The zero-order valence-corrected chi connectivity index (χ0v) is 41.7. The monoisotopic (exact) mass is 873 g/mol. The molecule has 0 N–H and O–H groups in total. The van der Waals surface area contributed by atoms with E-state index in [0.29, 0.717) is 19.3 Å². The fraction of sp³-hybridized carbons (Fsp3) is 0.875. The maximum Gasteiger partial charge on any atom is 0.306 e. The maximum atomic E-state index is 12.8. The second-order valence-electron chi connectivity index (χ2n) is 18.5. The molecule has 0 aliphatic carbocycles. The van der Waals surface area contributed by atoms with Crippen LogP contribution in [0.25, 0.3) is 0 Å². The Morgan fingerprint density at radius 2 is 0.613 bits per heavy atom. The van der Waals surface area contributed by atoms with Gasteiger partial charge in [-0.3, -0.25) is 14.4 Å². The molecule has 0 saturated heterocycles. The number of ether oxygens (including phenoxy) is 3. The first kappa shape index (κ1) is 59.9. The van der Waals surface area contributed by atoms with Crippen LogP contribution in [0.5, 0.6) is 0 Å². The number of carbonyl (C=O) groups excluding carboxylic acids is 3. The minimum Gasteiger partial charge on any atom is -0.462 e. The topological polar surface area (TPSA) is 78.9 Å². The lowest BCUT2D eigenvalue weighted by Gasteiger charge is -2.18. The standard InChI is InChI=1S/C56H104O6/c1-4-7-10-13-16-19-22-25-26-27-28-29-32-34-37-40-43-46-49-55(58)61-52-53(62-56(59)50-47-44-41-38-35-31-24-21-18-15-12-9-6-3)51-60-54(57)48-45-42-39-36-33-30-23-20-17-14-11-8-5-2/h31,35,41,44,53H,4-30,32-34,36-40,42-43,45-52H2,1-3H3/b35-31-,44-41-. The van der Waals surface area contributed by atoms with Crippen LogP contribution < -0.4 is 0 Å². The van der Waals surface area contributed by atoms with Crippen LogP contribution in [0.3, 0.4) is 0 Å². The molecule has 6 nitrogen and oxygen atoms in total. The number of rotatable bonds is 50. The number of hydrogen-bond donors (Lipinski definition) is 0. The largest absolute Gasteiger partial charge is 0.462 e. The van der Waals surface area contributed by atoms with Gasteiger partial charge in [0.1, 0.15) is 13.2 Å². The molecule has 0 aromatic heterocycles. The summed E-state index contributed by atoms with van der Waals surface area (Å²) in [7, 11) is 0. The molecule has 0 rings (SSSR count). The predicted octanol–water partition coefficient (Wildman–Crippen LogP) is 17.9. The van der Waals surface area contributed by atoms with E-state index in [2.05, 4.69) is 39.0 Å². The first-order valence-corrected chi connectivity index (χ1v) is 27.3. The maximum absolute atomic E-state index is 12.8. The van der Waals surface area contributed by atoms with Crippen molar-refractivity contribution in [3.05, 3.63) is 24.3 Å². The summed E-state index contributed by atoms with van der Waals surface area (Å²) < 4.78 is 16.8. The first-order chi connectivity index (χ1) is 30.5. The van der Waals surface area contributed by atoms with Crippen molar-refractivity contribution in [1.82, 2.24) is 0 Å². The lowest BCUT2D eigenvalue weighted by atomic mass is 10.0. The fourth-order valence-electron chi connectivity index (χ4n) is 8.09. The summed E-state index contributed by atoms with van der Waals surface area (Å²) >= 11 is 0. The Bertz CT molecular complexity index is 1000. The van der Waals surface area contributed by atoms with E-state index >= 15 is 0 Å². The van der Waals surface area contributed by atoms with E-state index in [-0.39, 0.29) is 37.5 Å². The van der Waals surface area contributed by atoms with E-state index in [1.807, 2.05) is 6.08 Å². The minimum atomic E-state index is -0.795. The van der Waals surface area contributed by atoms with E-state index < -0.39 is 6.10 Å². The average molecular weight is 873 g/mol. The van der Waals surface area contributed by atoms with Crippen LogP contribution in [-0.4, -0.2) is 37.2 Å². The number of carbonyl (C=O) groups is 3. The molecule has 0 heterocycles. The molecule has 0 bridgehead atoms. The summed E-state index contributed by atoms with van der Waals surface area (Å²) in [6.07, 6.45) is 58.9. The van der Waals surface area contributed by atoms with E-state index in [4.69, 9.17) is 14.2 Å². The summed E-state index contributed by atoms with van der Waals surface area (Å²) in [5, 5.41) is 0. The lowest BCUT2D eigenvalue weighted by molar-refractivity contribution is -0.166. The summed E-state index contributed by atoms with van der Waals surface area (Å²) in [4.78, 5) is 38.0. The van der Waals surface area contributed by atoms with Crippen molar-refractivity contribution < 1.29 is 28.6 Å².